The average Bonchev–Trinajstić information content (AvgIpc) is 2.36. The second kappa shape index (κ2) is 6.83. The second-order valence-electron chi connectivity index (χ2n) is 4.35. The van der Waals surface area contributed by atoms with Crippen LogP contribution in [0.2, 0.25) is 0 Å². The molecule has 0 saturated heterocycles. The Labute approximate surface area is 114 Å². The van der Waals surface area contributed by atoms with Gasteiger partial charge in [-0.2, -0.15) is 4.31 Å². The highest BCUT2D eigenvalue weighted by atomic mass is 32.2. The zero-order valence-corrected chi connectivity index (χ0v) is 12.3. The highest BCUT2D eigenvalue weighted by molar-refractivity contribution is 7.89. The third-order valence-electron chi connectivity index (χ3n) is 2.65. The van der Waals surface area contributed by atoms with E-state index in [1.54, 1.807) is 19.1 Å². The number of hydrogen-bond acceptors (Lipinski definition) is 5. The number of pyridine rings is 1. The normalized spacial score (nSPS) is 13.5. The molecule has 2 N–H and O–H groups in total. The first kappa shape index (κ1) is 15.9. The molecule has 0 aliphatic carbocycles. The lowest BCUT2D eigenvalue weighted by Crippen LogP contribution is -2.30. The van der Waals surface area contributed by atoms with Crippen LogP contribution in [0.15, 0.2) is 23.4 Å². The number of aliphatic hydroxyl groups excluding tert-OH is 1. The quantitative estimate of drug-likeness (QED) is 0.779. The number of aromatic nitrogens is 1. The van der Waals surface area contributed by atoms with Gasteiger partial charge in [0, 0.05) is 26.3 Å². The summed E-state index contributed by atoms with van der Waals surface area (Å²) >= 11 is 0. The Kier molecular flexibility index (Phi) is 5.71. The van der Waals surface area contributed by atoms with E-state index in [0.717, 1.165) is 0 Å². The average molecular weight is 287 g/mol. The molecule has 0 saturated carbocycles. The van der Waals surface area contributed by atoms with Crippen LogP contribution < -0.4 is 5.32 Å². The summed E-state index contributed by atoms with van der Waals surface area (Å²) in [7, 11) is -2.15. The fourth-order valence-electron chi connectivity index (χ4n) is 1.56. The van der Waals surface area contributed by atoms with Crippen molar-refractivity contribution in [3.05, 3.63) is 18.3 Å². The minimum absolute atomic E-state index is 0.0185. The Morgan fingerprint density at radius 2 is 2.21 bits per heavy atom. The van der Waals surface area contributed by atoms with Crippen LogP contribution in [0, 0.1) is 0 Å². The Morgan fingerprint density at radius 3 is 2.79 bits per heavy atom. The molecule has 0 bridgehead atoms. The molecule has 0 radical (unpaired) electrons. The molecule has 0 amide bonds. The summed E-state index contributed by atoms with van der Waals surface area (Å²) in [6.45, 7) is 4.39. The molecule has 1 aromatic heterocycles. The molecule has 0 fully saturated rings. The van der Waals surface area contributed by atoms with Crippen molar-refractivity contribution in [2.75, 3.05) is 25.5 Å². The largest absolute Gasteiger partial charge is 0.393 e. The first-order valence-electron chi connectivity index (χ1n) is 6.23. The molecule has 1 unspecified atom stereocenters. The van der Waals surface area contributed by atoms with E-state index in [0.29, 0.717) is 18.7 Å². The number of aliphatic hydroxyl groups is 1. The predicted molar refractivity (Wildman–Crippen MR) is 74.5 cm³/mol. The number of nitrogens with zero attached hydrogens (tertiary/aromatic N) is 2. The van der Waals surface area contributed by atoms with Crippen molar-refractivity contribution in [3.8, 4) is 0 Å². The van der Waals surface area contributed by atoms with Crippen molar-refractivity contribution >= 4 is 15.7 Å². The van der Waals surface area contributed by atoms with Gasteiger partial charge in [0.15, 0.2) is 5.03 Å². The molecule has 0 aliphatic heterocycles. The minimum atomic E-state index is -3.64. The predicted octanol–water partition coefficient (Wildman–Crippen LogP) is 0.905. The summed E-state index contributed by atoms with van der Waals surface area (Å²) in [4.78, 5) is 3.96. The molecule has 1 heterocycles. The third-order valence-corrected chi connectivity index (χ3v) is 4.47. The number of rotatable bonds is 7. The van der Waals surface area contributed by atoms with Gasteiger partial charge in [0.25, 0.3) is 10.0 Å². The van der Waals surface area contributed by atoms with E-state index >= 15 is 0 Å². The lowest BCUT2D eigenvalue weighted by molar-refractivity contribution is 0.177. The first-order chi connectivity index (χ1) is 8.89. The molecule has 6 nitrogen and oxygen atoms in total. The molecule has 108 valence electrons. The summed E-state index contributed by atoms with van der Waals surface area (Å²) in [5.41, 5.74) is 0.494. The van der Waals surface area contributed by atoms with Gasteiger partial charge < -0.3 is 10.4 Å². The SMILES string of the molecule is CCNc1cccnc1S(=O)(=O)N(C)CCC(C)O. The molecular weight excluding hydrogens is 266 g/mol. The van der Waals surface area contributed by atoms with Crippen LogP contribution in [0.4, 0.5) is 5.69 Å². The Bertz CT molecular complexity index is 503. The van der Waals surface area contributed by atoms with Crippen LogP contribution in [-0.2, 0) is 10.0 Å². The number of nitrogens with one attached hydrogen (secondary N) is 1. The van der Waals surface area contributed by atoms with Gasteiger partial charge in [0.05, 0.1) is 11.8 Å². The fraction of sp³-hybridized carbons (Fsp3) is 0.583. The van der Waals surface area contributed by atoms with Crippen molar-refractivity contribution in [1.29, 1.82) is 0 Å². The van der Waals surface area contributed by atoms with E-state index in [2.05, 4.69) is 10.3 Å². The topological polar surface area (TPSA) is 82.5 Å². The van der Waals surface area contributed by atoms with Gasteiger partial charge in [-0.3, -0.25) is 0 Å². The zero-order chi connectivity index (χ0) is 14.5. The van der Waals surface area contributed by atoms with Crippen LogP contribution in [0.25, 0.3) is 0 Å². The summed E-state index contributed by atoms with van der Waals surface area (Å²) in [6.07, 6.45) is 1.31. The lowest BCUT2D eigenvalue weighted by Gasteiger charge is -2.19. The highest BCUT2D eigenvalue weighted by Crippen LogP contribution is 2.21. The van der Waals surface area contributed by atoms with Crippen LogP contribution in [0.3, 0.4) is 0 Å². The van der Waals surface area contributed by atoms with Gasteiger partial charge in [0.2, 0.25) is 0 Å². The monoisotopic (exact) mass is 287 g/mol. The van der Waals surface area contributed by atoms with Crippen molar-refractivity contribution in [2.45, 2.75) is 31.4 Å². The highest BCUT2D eigenvalue weighted by Gasteiger charge is 2.25. The molecule has 0 aliphatic rings. The van der Waals surface area contributed by atoms with Gasteiger partial charge in [-0.1, -0.05) is 0 Å². The molecule has 7 heteroatoms. The van der Waals surface area contributed by atoms with E-state index in [4.69, 9.17) is 0 Å². The van der Waals surface area contributed by atoms with E-state index in [-0.39, 0.29) is 11.6 Å². The molecular formula is C12H21N3O3S. The summed E-state index contributed by atoms with van der Waals surface area (Å²) in [5, 5.41) is 12.2. The fourth-order valence-corrected chi connectivity index (χ4v) is 2.81. The first-order valence-corrected chi connectivity index (χ1v) is 7.67. The molecule has 19 heavy (non-hydrogen) atoms. The molecule has 0 aromatic carbocycles. The van der Waals surface area contributed by atoms with Crippen molar-refractivity contribution in [1.82, 2.24) is 9.29 Å². The molecule has 1 aromatic rings. The van der Waals surface area contributed by atoms with Gasteiger partial charge in [0.1, 0.15) is 0 Å². The molecule has 1 atom stereocenters. The van der Waals surface area contributed by atoms with E-state index in [1.165, 1.54) is 17.5 Å². The lowest BCUT2D eigenvalue weighted by atomic mass is 10.3. The van der Waals surface area contributed by atoms with Crippen molar-refractivity contribution in [2.24, 2.45) is 0 Å². The molecule has 0 spiro atoms. The Hall–Kier alpha value is -1.18. The van der Waals surface area contributed by atoms with Crippen LogP contribution in [-0.4, -0.2) is 49.1 Å². The second-order valence-corrected chi connectivity index (χ2v) is 6.31. The third kappa shape index (κ3) is 4.15. The minimum Gasteiger partial charge on any atom is -0.393 e. The summed E-state index contributed by atoms with van der Waals surface area (Å²) in [5.74, 6) is 0. The molecule has 1 rings (SSSR count). The van der Waals surface area contributed by atoms with Gasteiger partial charge in [-0.15, -0.1) is 0 Å². The van der Waals surface area contributed by atoms with Crippen LogP contribution in [0.1, 0.15) is 20.3 Å². The van der Waals surface area contributed by atoms with Gasteiger partial charge in [-0.05, 0) is 32.4 Å². The Balaban J connectivity index is 2.99. The van der Waals surface area contributed by atoms with Crippen LogP contribution in [0.5, 0.6) is 0 Å². The zero-order valence-electron chi connectivity index (χ0n) is 11.5. The standard InChI is InChI=1S/C12H21N3O3S/c1-4-13-11-6-5-8-14-12(11)19(17,18)15(3)9-7-10(2)16/h5-6,8,10,13,16H,4,7,9H2,1-3H3. The maximum absolute atomic E-state index is 12.4. The van der Waals surface area contributed by atoms with Crippen molar-refractivity contribution < 1.29 is 13.5 Å². The summed E-state index contributed by atoms with van der Waals surface area (Å²) in [6, 6.07) is 3.37. The maximum atomic E-state index is 12.4. The maximum Gasteiger partial charge on any atom is 0.262 e. The Morgan fingerprint density at radius 1 is 1.53 bits per heavy atom. The number of sulfonamides is 1. The van der Waals surface area contributed by atoms with Crippen LogP contribution >= 0.6 is 0 Å². The smallest absolute Gasteiger partial charge is 0.262 e. The van der Waals surface area contributed by atoms with Gasteiger partial charge >= 0.3 is 0 Å². The van der Waals surface area contributed by atoms with Gasteiger partial charge in [-0.25, -0.2) is 13.4 Å². The van der Waals surface area contributed by atoms with E-state index in [1.807, 2.05) is 6.92 Å². The van der Waals surface area contributed by atoms with Crippen molar-refractivity contribution in [3.63, 3.8) is 0 Å². The van der Waals surface area contributed by atoms with E-state index < -0.39 is 16.1 Å². The number of anilines is 1. The number of hydrogen-bond donors (Lipinski definition) is 2. The summed E-state index contributed by atoms with van der Waals surface area (Å²) < 4.78 is 26.0. The van der Waals surface area contributed by atoms with E-state index in [9.17, 15) is 13.5 Å².